The highest BCUT2D eigenvalue weighted by Crippen LogP contribution is 2.33. The molecular formula is C14H18BrF3N2O. The van der Waals surface area contributed by atoms with Crippen LogP contribution in [0.15, 0.2) is 22.7 Å². The van der Waals surface area contributed by atoms with E-state index in [0.717, 1.165) is 38.2 Å². The largest absolute Gasteiger partial charge is 0.573 e. The molecule has 3 nitrogen and oxygen atoms in total. The fourth-order valence-electron chi connectivity index (χ4n) is 2.67. The minimum atomic E-state index is -4.67. The van der Waals surface area contributed by atoms with E-state index in [1.807, 2.05) is 13.0 Å². The standard InChI is InChI=1S/C14H18BrF3N2O/c1-2-13(20-5-3-19-4-6-20)10-7-11(15)9-12(8-10)21-14(16,17)18/h7-9,13,19H,2-6H2,1H3/t13-/m0/s1. The van der Waals surface area contributed by atoms with Crippen molar-refractivity contribution in [2.75, 3.05) is 26.2 Å². The first-order valence-electron chi connectivity index (χ1n) is 6.90. The zero-order chi connectivity index (χ0) is 15.5. The van der Waals surface area contributed by atoms with Crippen molar-refractivity contribution in [3.8, 4) is 5.75 Å². The minimum Gasteiger partial charge on any atom is -0.406 e. The van der Waals surface area contributed by atoms with Crippen LogP contribution < -0.4 is 10.1 Å². The summed E-state index contributed by atoms with van der Waals surface area (Å²) in [6.45, 7) is 5.62. The van der Waals surface area contributed by atoms with Crippen LogP contribution in [0.5, 0.6) is 5.75 Å². The third-order valence-electron chi connectivity index (χ3n) is 3.49. The summed E-state index contributed by atoms with van der Waals surface area (Å²) < 4.78 is 41.8. The number of benzene rings is 1. The van der Waals surface area contributed by atoms with Gasteiger partial charge in [-0.2, -0.15) is 0 Å². The van der Waals surface area contributed by atoms with E-state index in [4.69, 9.17) is 0 Å². The fraction of sp³-hybridized carbons (Fsp3) is 0.571. The predicted octanol–water partition coefficient (Wildman–Crippen LogP) is 3.70. The molecule has 0 aliphatic carbocycles. The number of ether oxygens (including phenoxy) is 1. The van der Waals surface area contributed by atoms with E-state index in [2.05, 4.69) is 30.9 Å². The number of hydrogen-bond donors (Lipinski definition) is 1. The van der Waals surface area contributed by atoms with Gasteiger partial charge in [0.1, 0.15) is 5.75 Å². The van der Waals surface area contributed by atoms with E-state index in [-0.39, 0.29) is 11.8 Å². The van der Waals surface area contributed by atoms with E-state index < -0.39 is 6.36 Å². The minimum absolute atomic E-state index is 0.0974. The van der Waals surface area contributed by atoms with E-state index in [9.17, 15) is 13.2 Å². The fourth-order valence-corrected chi connectivity index (χ4v) is 3.16. The van der Waals surface area contributed by atoms with Gasteiger partial charge in [0.2, 0.25) is 0 Å². The monoisotopic (exact) mass is 366 g/mol. The van der Waals surface area contributed by atoms with E-state index in [1.165, 1.54) is 12.1 Å². The van der Waals surface area contributed by atoms with Crippen LogP contribution in [0.4, 0.5) is 13.2 Å². The smallest absolute Gasteiger partial charge is 0.406 e. The summed E-state index contributed by atoms with van der Waals surface area (Å²) in [6.07, 6.45) is -3.84. The molecule has 1 saturated heterocycles. The summed E-state index contributed by atoms with van der Waals surface area (Å²) >= 11 is 3.26. The molecule has 0 bridgehead atoms. The van der Waals surface area contributed by atoms with Gasteiger partial charge in [-0.25, -0.2) is 0 Å². The molecule has 2 rings (SSSR count). The van der Waals surface area contributed by atoms with Gasteiger partial charge in [-0.05, 0) is 30.2 Å². The van der Waals surface area contributed by atoms with Gasteiger partial charge in [-0.3, -0.25) is 4.90 Å². The number of halogens is 4. The first-order valence-corrected chi connectivity index (χ1v) is 7.69. The number of nitrogens with zero attached hydrogens (tertiary/aromatic N) is 1. The van der Waals surface area contributed by atoms with Gasteiger partial charge >= 0.3 is 6.36 Å². The Hall–Kier alpha value is -0.790. The number of piperazine rings is 1. The molecule has 0 unspecified atom stereocenters. The maximum absolute atomic E-state index is 12.4. The van der Waals surface area contributed by atoms with Crippen molar-refractivity contribution in [2.24, 2.45) is 0 Å². The van der Waals surface area contributed by atoms with Gasteiger partial charge in [0.05, 0.1) is 0 Å². The lowest BCUT2D eigenvalue weighted by atomic mass is 10.0. The topological polar surface area (TPSA) is 24.5 Å². The van der Waals surface area contributed by atoms with Crippen molar-refractivity contribution in [3.63, 3.8) is 0 Å². The maximum atomic E-state index is 12.4. The van der Waals surface area contributed by atoms with Gasteiger partial charge in [0, 0.05) is 36.7 Å². The maximum Gasteiger partial charge on any atom is 0.573 e. The summed E-state index contributed by atoms with van der Waals surface area (Å²) in [5, 5.41) is 3.27. The van der Waals surface area contributed by atoms with E-state index >= 15 is 0 Å². The molecule has 1 heterocycles. The number of hydrogen-bond acceptors (Lipinski definition) is 3. The molecule has 21 heavy (non-hydrogen) atoms. The summed E-state index contributed by atoms with van der Waals surface area (Å²) in [7, 11) is 0. The Morgan fingerprint density at radius 3 is 2.52 bits per heavy atom. The normalized spacial score (nSPS) is 18.5. The van der Waals surface area contributed by atoms with E-state index in [1.54, 1.807) is 0 Å². The van der Waals surface area contributed by atoms with Gasteiger partial charge in [0.15, 0.2) is 0 Å². The highest BCUT2D eigenvalue weighted by molar-refractivity contribution is 9.10. The van der Waals surface area contributed by atoms with Crippen molar-refractivity contribution < 1.29 is 17.9 Å². The molecule has 0 radical (unpaired) electrons. The van der Waals surface area contributed by atoms with Crippen molar-refractivity contribution in [1.82, 2.24) is 10.2 Å². The first-order chi connectivity index (χ1) is 9.89. The molecule has 0 amide bonds. The quantitative estimate of drug-likeness (QED) is 0.878. The van der Waals surface area contributed by atoms with Crippen LogP contribution in [-0.2, 0) is 0 Å². The molecule has 1 N–H and O–H groups in total. The second-order valence-corrected chi connectivity index (χ2v) is 5.89. The molecule has 1 aromatic rings. The zero-order valence-electron chi connectivity index (χ0n) is 11.7. The second kappa shape index (κ2) is 6.98. The van der Waals surface area contributed by atoms with Gasteiger partial charge < -0.3 is 10.1 Å². The van der Waals surface area contributed by atoms with Crippen LogP contribution in [0.25, 0.3) is 0 Å². The summed E-state index contributed by atoms with van der Waals surface area (Å²) in [6, 6.07) is 4.77. The Balaban J connectivity index is 2.23. The van der Waals surface area contributed by atoms with Crippen LogP contribution in [0.3, 0.4) is 0 Å². The first kappa shape index (κ1) is 16.6. The Morgan fingerprint density at radius 2 is 1.95 bits per heavy atom. The molecule has 1 aliphatic rings. The molecule has 1 fully saturated rings. The lowest BCUT2D eigenvalue weighted by molar-refractivity contribution is -0.274. The average molecular weight is 367 g/mol. The summed E-state index contributed by atoms with van der Waals surface area (Å²) in [5.41, 5.74) is 0.841. The Morgan fingerprint density at radius 1 is 1.29 bits per heavy atom. The highest BCUT2D eigenvalue weighted by Gasteiger charge is 2.31. The van der Waals surface area contributed by atoms with Gasteiger partial charge in [0.25, 0.3) is 0 Å². The SMILES string of the molecule is CC[C@@H](c1cc(Br)cc(OC(F)(F)F)c1)N1CCNCC1. The van der Waals surface area contributed by atoms with Crippen molar-refractivity contribution >= 4 is 15.9 Å². The number of nitrogens with one attached hydrogen (secondary N) is 1. The molecule has 0 spiro atoms. The second-order valence-electron chi connectivity index (χ2n) is 4.98. The third-order valence-corrected chi connectivity index (χ3v) is 3.95. The highest BCUT2D eigenvalue weighted by atomic mass is 79.9. The Labute approximate surface area is 130 Å². The molecule has 1 aliphatic heterocycles. The van der Waals surface area contributed by atoms with Crippen LogP contribution >= 0.6 is 15.9 Å². The van der Waals surface area contributed by atoms with Gasteiger partial charge in [-0.1, -0.05) is 22.9 Å². The van der Waals surface area contributed by atoms with Crippen molar-refractivity contribution in [3.05, 3.63) is 28.2 Å². The molecule has 118 valence electrons. The Bertz CT molecular complexity index is 476. The molecule has 1 atom stereocenters. The molecule has 1 aromatic carbocycles. The lowest BCUT2D eigenvalue weighted by Crippen LogP contribution is -2.45. The van der Waals surface area contributed by atoms with Crippen LogP contribution in [-0.4, -0.2) is 37.4 Å². The van der Waals surface area contributed by atoms with Crippen molar-refractivity contribution in [2.45, 2.75) is 25.7 Å². The van der Waals surface area contributed by atoms with Crippen molar-refractivity contribution in [1.29, 1.82) is 0 Å². The molecular weight excluding hydrogens is 349 g/mol. The van der Waals surface area contributed by atoms with Crippen LogP contribution in [0.1, 0.15) is 24.9 Å². The Kier molecular flexibility index (Phi) is 5.51. The predicted molar refractivity (Wildman–Crippen MR) is 78.3 cm³/mol. The zero-order valence-corrected chi connectivity index (χ0v) is 13.3. The number of rotatable bonds is 4. The van der Waals surface area contributed by atoms with Gasteiger partial charge in [-0.15, -0.1) is 13.2 Å². The molecule has 0 aromatic heterocycles. The number of alkyl halides is 3. The average Bonchev–Trinajstić information content (AvgIpc) is 2.38. The van der Waals surface area contributed by atoms with Crippen LogP contribution in [0.2, 0.25) is 0 Å². The third kappa shape index (κ3) is 4.86. The molecule has 7 heteroatoms. The summed E-state index contributed by atoms with van der Waals surface area (Å²) in [4.78, 5) is 2.29. The summed E-state index contributed by atoms with van der Waals surface area (Å²) in [5.74, 6) is -0.180. The molecule has 0 saturated carbocycles. The van der Waals surface area contributed by atoms with Crippen LogP contribution in [0, 0.1) is 0 Å². The van der Waals surface area contributed by atoms with E-state index in [0.29, 0.717) is 4.47 Å². The lowest BCUT2D eigenvalue weighted by Gasteiger charge is -2.35.